The fourth-order valence-corrected chi connectivity index (χ4v) is 4.36. The summed E-state index contributed by atoms with van der Waals surface area (Å²) in [7, 11) is 0. The van der Waals surface area contributed by atoms with Crippen molar-refractivity contribution in [1.82, 2.24) is 0 Å². The fraction of sp³-hybridized carbons (Fsp3) is 0.579. The molecule has 3 aliphatic rings. The minimum absolute atomic E-state index is 0.256. The highest BCUT2D eigenvalue weighted by Crippen LogP contribution is 2.49. The van der Waals surface area contributed by atoms with Crippen LogP contribution in [0, 0.1) is 17.8 Å². The van der Waals surface area contributed by atoms with E-state index in [-0.39, 0.29) is 18.5 Å². The van der Waals surface area contributed by atoms with Crippen LogP contribution in [0.1, 0.15) is 32.1 Å². The van der Waals surface area contributed by atoms with Gasteiger partial charge in [-0.3, -0.25) is 9.59 Å². The third kappa shape index (κ3) is 3.72. The van der Waals surface area contributed by atoms with Crippen LogP contribution >= 0.6 is 0 Å². The third-order valence-electron chi connectivity index (χ3n) is 5.50. The molecule has 1 aromatic rings. The standard InChI is InChI=1S/C19H23NO5/c21-18(20-15-3-4-16-17(10-15)24-6-5-23-16)11-25-19(22)9-14-8-12-1-2-13(14)7-12/h3-4,10,12-14H,1-2,5-9,11H2,(H,20,21)/t12-,13+,14+/m0/s1. The van der Waals surface area contributed by atoms with Gasteiger partial charge in [0, 0.05) is 18.2 Å². The van der Waals surface area contributed by atoms with Crippen molar-refractivity contribution in [3.05, 3.63) is 18.2 Å². The monoisotopic (exact) mass is 345 g/mol. The maximum absolute atomic E-state index is 12.0. The van der Waals surface area contributed by atoms with Gasteiger partial charge in [0.25, 0.3) is 5.91 Å². The highest BCUT2D eigenvalue weighted by atomic mass is 16.6. The number of ether oxygens (including phenoxy) is 3. The number of hydrogen-bond acceptors (Lipinski definition) is 5. The molecule has 0 unspecified atom stereocenters. The highest BCUT2D eigenvalue weighted by molar-refractivity contribution is 5.93. The first-order valence-electron chi connectivity index (χ1n) is 9.02. The van der Waals surface area contributed by atoms with Crippen LogP contribution in [0.15, 0.2) is 18.2 Å². The van der Waals surface area contributed by atoms with E-state index in [0.717, 1.165) is 12.3 Å². The second-order valence-electron chi connectivity index (χ2n) is 7.21. The molecular formula is C19H23NO5. The molecule has 1 heterocycles. The van der Waals surface area contributed by atoms with Crippen LogP contribution in [-0.4, -0.2) is 31.7 Å². The van der Waals surface area contributed by atoms with Gasteiger partial charge in [0.15, 0.2) is 18.1 Å². The average molecular weight is 345 g/mol. The number of rotatable bonds is 5. The molecule has 1 amide bonds. The molecule has 6 heteroatoms. The molecule has 134 valence electrons. The summed E-state index contributed by atoms with van der Waals surface area (Å²) < 4.78 is 16.1. The first-order valence-corrected chi connectivity index (χ1v) is 9.02. The second kappa shape index (κ2) is 6.94. The molecule has 25 heavy (non-hydrogen) atoms. The number of hydrogen-bond donors (Lipinski definition) is 1. The van der Waals surface area contributed by atoms with Crippen molar-refractivity contribution in [2.45, 2.75) is 32.1 Å². The Kier molecular flexibility index (Phi) is 4.51. The Morgan fingerprint density at radius 3 is 2.72 bits per heavy atom. The van der Waals surface area contributed by atoms with Crippen molar-refractivity contribution in [2.24, 2.45) is 17.8 Å². The lowest BCUT2D eigenvalue weighted by Gasteiger charge is -2.20. The van der Waals surface area contributed by atoms with E-state index in [4.69, 9.17) is 14.2 Å². The Bertz CT molecular complexity index is 674. The number of carbonyl (C=O) groups is 2. The van der Waals surface area contributed by atoms with E-state index in [1.807, 2.05) is 0 Å². The van der Waals surface area contributed by atoms with Gasteiger partial charge in [-0.1, -0.05) is 6.42 Å². The van der Waals surface area contributed by atoms with E-state index in [0.29, 0.717) is 48.7 Å². The van der Waals surface area contributed by atoms with Gasteiger partial charge < -0.3 is 19.5 Å². The molecule has 6 nitrogen and oxygen atoms in total. The van der Waals surface area contributed by atoms with Crippen molar-refractivity contribution in [3.63, 3.8) is 0 Å². The van der Waals surface area contributed by atoms with Crippen LogP contribution in [-0.2, 0) is 14.3 Å². The summed E-state index contributed by atoms with van der Waals surface area (Å²) >= 11 is 0. The van der Waals surface area contributed by atoms with Crippen LogP contribution in [0.25, 0.3) is 0 Å². The molecule has 2 bridgehead atoms. The summed E-state index contributed by atoms with van der Waals surface area (Å²) in [6.07, 6.45) is 5.41. The van der Waals surface area contributed by atoms with Crippen LogP contribution in [0.4, 0.5) is 5.69 Å². The van der Waals surface area contributed by atoms with Crippen LogP contribution in [0.2, 0.25) is 0 Å². The molecule has 1 aromatic carbocycles. The first-order chi connectivity index (χ1) is 12.2. The summed E-state index contributed by atoms with van der Waals surface area (Å²) in [6, 6.07) is 5.21. The molecule has 0 saturated heterocycles. The summed E-state index contributed by atoms with van der Waals surface area (Å²) in [5.41, 5.74) is 0.596. The molecule has 2 fully saturated rings. The SMILES string of the molecule is O=C(COC(=O)C[C@H]1C[C@H]2CC[C@@H]1C2)Nc1ccc2c(c1)OCCO2. The summed E-state index contributed by atoms with van der Waals surface area (Å²) in [6.45, 7) is 0.760. The Hall–Kier alpha value is -2.24. The molecule has 0 radical (unpaired) electrons. The minimum Gasteiger partial charge on any atom is -0.486 e. The van der Waals surface area contributed by atoms with Crippen molar-refractivity contribution in [1.29, 1.82) is 0 Å². The number of nitrogens with one attached hydrogen (secondary N) is 1. The van der Waals surface area contributed by atoms with Gasteiger partial charge in [-0.05, 0) is 49.1 Å². The Labute approximate surface area is 146 Å². The van der Waals surface area contributed by atoms with E-state index in [1.165, 1.54) is 19.3 Å². The number of carbonyl (C=O) groups excluding carboxylic acids is 2. The lowest BCUT2D eigenvalue weighted by Crippen LogP contribution is -2.23. The van der Waals surface area contributed by atoms with Gasteiger partial charge in [0.2, 0.25) is 0 Å². The predicted molar refractivity (Wildman–Crippen MR) is 90.6 cm³/mol. The van der Waals surface area contributed by atoms with E-state index in [9.17, 15) is 9.59 Å². The number of benzene rings is 1. The summed E-state index contributed by atoms with van der Waals surface area (Å²) in [5.74, 6) is 2.60. The van der Waals surface area contributed by atoms with Gasteiger partial charge in [-0.25, -0.2) is 0 Å². The average Bonchev–Trinajstić information content (AvgIpc) is 3.23. The maximum atomic E-state index is 12.0. The first kappa shape index (κ1) is 16.2. The normalized spacial score (nSPS) is 26.3. The highest BCUT2D eigenvalue weighted by Gasteiger charge is 2.40. The topological polar surface area (TPSA) is 73.9 Å². The fourth-order valence-electron chi connectivity index (χ4n) is 4.36. The Morgan fingerprint density at radius 2 is 1.96 bits per heavy atom. The largest absolute Gasteiger partial charge is 0.486 e. The summed E-state index contributed by atoms with van der Waals surface area (Å²) in [5, 5.41) is 2.72. The molecule has 4 rings (SSSR count). The van der Waals surface area contributed by atoms with Crippen molar-refractivity contribution >= 4 is 17.6 Å². The third-order valence-corrected chi connectivity index (χ3v) is 5.50. The summed E-state index contributed by atoms with van der Waals surface area (Å²) in [4.78, 5) is 24.0. The van der Waals surface area contributed by atoms with Crippen molar-refractivity contribution < 1.29 is 23.8 Å². The Morgan fingerprint density at radius 1 is 1.12 bits per heavy atom. The van der Waals surface area contributed by atoms with Gasteiger partial charge in [-0.2, -0.15) is 0 Å². The molecule has 3 atom stereocenters. The molecule has 2 saturated carbocycles. The molecule has 1 N–H and O–H groups in total. The van der Waals surface area contributed by atoms with Crippen molar-refractivity contribution in [2.75, 3.05) is 25.1 Å². The van der Waals surface area contributed by atoms with E-state index in [2.05, 4.69) is 5.32 Å². The van der Waals surface area contributed by atoms with E-state index in [1.54, 1.807) is 18.2 Å². The Balaban J connectivity index is 1.23. The lowest BCUT2D eigenvalue weighted by atomic mass is 9.86. The maximum Gasteiger partial charge on any atom is 0.306 e. The van der Waals surface area contributed by atoms with Crippen LogP contribution in [0.5, 0.6) is 11.5 Å². The van der Waals surface area contributed by atoms with Gasteiger partial charge >= 0.3 is 5.97 Å². The van der Waals surface area contributed by atoms with Crippen molar-refractivity contribution in [3.8, 4) is 11.5 Å². The van der Waals surface area contributed by atoms with Crippen LogP contribution < -0.4 is 14.8 Å². The van der Waals surface area contributed by atoms with Crippen LogP contribution in [0.3, 0.4) is 0 Å². The number of anilines is 1. The minimum atomic E-state index is -0.349. The molecule has 0 spiro atoms. The number of amides is 1. The second-order valence-corrected chi connectivity index (χ2v) is 7.21. The quantitative estimate of drug-likeness (QED) is 0.831. The molecular weight excluding hydrogens is 322 g/mol. The molecule has 0 aromatic heterocycles. The smallest absolute Gasteiger partial charge is 0.306 e. The molecule has 2 aliphatic carbocycles. The van der Waals surface area contributed by atoms with Gasteiger partial charge in [0.05, 0.1) is 0 Å². The zero-order valence-corrected chi connectivity index (χ0v) is 14.2. The van der Waals surface area contributed by atoms with E-state index >= 15 is 0 Å². The zero-order chi connectivity index (χ0) is 17.2. The predicted octanol–water partition coefficient (Wildman–Crippen LogP) is 2.77. The van der Waals surface area contributed by atoms with Gasteiger partial charge in [0.1, 0.15) is 13.2 Å². The molecule has 1 aliphatic heterocycles. The number of fused-ring (bicyclic) bond motifs is 3. The van der Waals surface area contributed by atoms with E-state index < -0.39 is 0 Å². The zero-order valence-electron chi connectivity index (χ0n) is 14.2. The lowest BCUT2D eigenvalue weighted by molar-refractivity contribution is -0.148. The number of esters is 1. The van der Waals surface area contributed by atoms with Gasteiger partial charge in [-0.15, -0.1) is 0 Å².